The molecule has 0 aliphatic rings. The number of likely N-dealkylation sites (N-methyl/N-ethyl adjacent to an activating group) is 1. The van der Waals surface area contributed by atoms with E-state index in [4.69, 9.17) is 23.2 Å². The van der Waals surface area contributed by atoms with E-state index in [1.54, 1.807) is 10.6 Å². The molecule has 2 aromatic heterocycles. The SMILES string of the molecule is C[C@@H](CN(C)C)n1ccc2c(ccn2Cc2ccc(Cl)c(Cl)c2)c1=O. The molecule has 1 aromatic carbocycles. The average Bonchev–Trinajstić information content (AvgIpc) is 2.94. The highest BCUT2D eigenvalue weighted by Gasteiger charge is 2.12. The summed E-state index contributed by atoms with van der Waals surface area (Å²) in [5, 5.41) is 1.81. The summed E-state index contributed by atoms with van der Waals surface area (Å²) in [4.78, 5) is 14.9. The number of benzene rings is 1. The Morgan fingerprint density at radius 3 is 2.52 bits per heavy atom. The first-order chi connectivity index (χ1) is 11.9. The summed E-state index contributed by atoms with van der Waals surface area (Å²) in [5.74, 6) is 0. The third kappa shape index (κ3) is 3.76. The number of fused-ring (bicyclic) bond motifs is 1. The highest BCUT2D eigenvalue weighted by molar-refractivity contribution is 6.42. The lowest BCUT2D eigenvalue weighted by Gasteiger charge is -2.19. The van der Waals surface area contributed by atoms with Crippen molar-refractivity contribution in [1.82, 2.24) is 14.0 Å². The van der Waals surface area contributed by atoms with Crippen LogP contribution in [0.25, 0.3) is 10.9 Å². The maximum absolute atomic E-state index is 12.8. The summed E-state index contributed by atoms with van der Waals surface area (Å²) in [6.45, 7) is 3.51. The smallest absolute Gasteiger partial charge is 0.260 e. The highest BCUT2D eigenvalue weighted by atomic mass is 35.5. The van der Waals surface area contributed by atoms with Crippen LogP contribution in [0, 0.1) is 0 Å². The molecule has 1 atom stereocenters. The zero-order chi connectivity index (χ0) is 18.1. The lowest BCUT2D eigenvalue weighted by Crippen LogP contribution is -2.29. The minimum absolute atomic E-state index is 0.0414. The Morgan fingerprint density at radius 2 is 1.84 bits per heavy atom. The molecule has 3 rings (SSSR count). The van der Waals surface area contributed by atoms with Crippen LogP contribution in [0.3, 0.4) is 0 Å². The fourth-order valence-corrected chi connectivity index (χ4v) is 3.47. The van der Waals surface area contributed by atoms with Gasteiger partial charge in [0.1, 0.15) is 0 Å². The largest absolute Gasteiger partial charge is 0.343 e. The number of nitrogens with zero attached hydrogens (tertiary/aromatic N) is 3. The van der Waals surface area contributed by atoms with Crippen molar-refractivity contribution in [2.24, 2.45) is 0 Å². The van der Waals surface area contributed by atoms with Gasteiger partial charge < -0.3 is 14.0 Å². The van der Waals surface area contributed by atoms with Crippen LogP contribution in [0.15, 0.2) is 47.5 Å². The molecule has 0 aliphatic carbocycles. The van der Waals surface area contributed by atoms with Crippen molar-refractivity contribution in [1.29, 1.82) is 0 Å². The molecule has 25 heavy (non-hydrogen) atoms. The normalized spacial score (nSPS) is 12.9. The molecule has 0 bridgehead atoms. The van der Waals surface area contributed by atoms with Gasteiger partial charge >= 0.3 is 0 Å². The molecule has 0 aliphatic heterocycles. The Labute approximate surface area is 157 Å². The van der Waals surface area contributed by atoms with Crippen molar-refractivity contribution in [2.45, 2.75) is 19.5 Å². The predicted molar refractivity (Wildman–Crippen MR) is 105 cm³/mol. The second kappa shape index (κ2) is 7.24. The second-order valence-corrected chi connectivity index (χ2v) is 7.44. The first kappa shape index (κ1) is 18.1. The Hall–Kier alpha value is -1.75. The molecule has 0 unspecified atom stereocenters. The van der Waals surface area contributed by atoms with Crippen LogP contribution in [0.5, 0.6) is 0 Å². The van der Waals surface area contributed by atoms with Gasteiger partial charge in [-0.25, -0.2) is 0 Å². The standard InChI is InChI=1S/C19H21Cl2N3O/c1-13(11-22(2)3)24-9-7-18-15(19(24)25)6-8-23(18)12-14-4-5-16(20)17(21)10-14/h4-10,13H,11-12H2,1-3H3/t13-/m0/s1. The lowest BCUT2D eigenvalue weighted by molar-refractivity contribution is 0.333. The summed E-state index contributed by atoms with van der Waals surface area (Å²) in [6.07, 6.45) is 3.82. The summed E-state index contributed by atoms with van der Waals surface area (Å²) < 4.78 is 3.85. The maximum Gasteiger partial charge on any atom is 0.260 e. The molecule has 132 valence electrons. The van der Waals surface area contributed by atoms with E-state index in [2.05, 4.69) is 16.4 Å². The highest BCUT2D eigenvalue weighted by Crippen LogP contribution is 2.24. The fourth-order valence-electron chi connectivity index (χ4n) is 3.15. The van der Waals surface area contributed by atoms with Crippen molar-refractivity contribution in [3.63, 3.8) is 0 Å². The molecule has 0 spiro atoms. The first-order valence-corrected chi connectivity index (χ1v) is 8.91. The van der Waals surface area contributed by atoms with Gasteiger partial charge in [-0.1, -0.05) is 29.3 Å². The van der Waals surface area contributed by atoms with E-state index in [1.165, 1.54) is 0 Å². The van der Waals surface area contributed by atoms with Crippen LogP contribution in [0.2, 0.25) is 10.0 Å². The summed E-state index contributed by atoms with van der Waals surface area (Å²) >= 11 is 12.1. The van der Waals surface area contributed by atoms with Gasteiger partial charge in [0.15, 0.2) is 0 Å². The van der Waals surface area contributed by atoms with Crippen LogP contribution >= 0.6 is 23.2 Å². The molecule has 4 nitrogen and oxygen atoms in total. The molecule has 2 heterocycles. The topological polar surface area (TPSA) is 30.2 Å². The Bertz CT molecular complexity index is 959. The Balaban J connectivity index is 1.95. The van der Waals surface area contributed by atoms with E-state index in [0.717, 1.165) is 23.0 Å². The van der Waals surface area contributed by atoms with E-state index in [-0.39, 0.29) is 11.6 Å². The van der Waals surface area contributed by atoms with E-state index in [9.17, 15) is 4.79 Å². The van der Waals surface area contributed by atoms with Crippen molar-refractivity contribution in [3.8, 4) is 0 Å². The molecular formula is C19H21Cl2N3O. The lowest BCUT2D eigenvalue weighted by atomic mass is 10.2. The van der Waals surface area contributed by atoms with E-state index >= 15 is 0 Å². The summed E-state index contributed by atoms with van der Waals surface area (Å²) in [7, 11) is 4.02. The van der Waals surface area contributed by atoms with Gasteiger partial charge in [-0.05, 0) is 50.8 Å². The zero-order valence-electron chi connectivity index (χ0n) is 14.5. The molecule has 0 amide bonds. The van der Waals surface area contributed by atoms with E-state index in [1.807, 2.05) is 50.8 Å². The average molecular weight is 378 g/mol. The molecule has 0 saturated heterocycles. The maximum atomic E-state index is 12.8. The van der Waals surface area contributed by atoms with Crippen LogP contribution in [-0.4, -0.2) is 34.7 Å². The molecule has 6 heteroatoms. The zero-order valence-corrected chi connectivity index (χ0v) is 16.1. The number of rotatable bonds is 5. The number of hydrogen-bond acceptors (Lipinski definition) is 2. The number of halogens is 2. The molecule has 3 aromatic rings. The van der Waals surface area contributed by atoms with Gasteiger partial charge in [0.25, 0.3) is 5.56 Å². The molecule has 0 radical (unpaired) electrons. The van der Waals surface area contributed by atoms with Crippen LogP contribution in [0.4, 0.5) is 0 Å². The van der Waals surface area contributed by atoms with Crippen molar-refractivity contribution >= 4 is 34.1 Å². The molecular weight excluding hydrogens is 357 g/mol. The van der Waals surface area contributed by atoms with E-state index < -0.39 is 0 Å². The Morgan fingerprint density at radius 1 is 1.08 bits per heavy atom. The second-order valence-electron chi connectivity index (χ2n) is 6.63. The predicted octanol–water partition coefficient (Wildman–Crippen LogP) is 4.28. The summed E-state index contributed by atoms with van der Waals surface area (Å²) in [5.41, 5.74) is 2.00. The van der Waals surface area contributed by atoms with Crippen molar-refractivity contribution in [3.05, 3.63) is 68.7 Å². The number of hydrogen-bond donors (Lipinski definition) is 0. The third-order valence-corrected chi connectivity index (χ3v) is 5.04. The quantitative estimate of drug-likeness (QED) is 0.663. The minimum atomic E-state index is 0.0414. The van der Waals surface area contributed by atoms with Gasteiger partial charge in [-0.2, -0.15) is 0 Å². The molecule has 0 fully saturated rings. The summed E-state index contributed by atoms with van der Waals surface area (Å²) in [6, 6.07) is 9.59. The van der Waals surface area contributed by atoms with Crippen LogP contribution < -0.4 is 5.56 Å². The van der Waals surface area contributed by atoms with Crippen LogP contribution in [0.1, 0.15) is 18.5 Å². The van der Waals surface area contributed by atoms with Crippen molar-refractivity contribution < 1.29 is 0 Å². The van der Waals surface area contributed by atoms with Gasteiger partial charge in [0, 0.05) is 31.5 Å². The number of aromatic nitrogens is 2. The van der Waals surface area contributed by atoms with Gasteiger partial charge in [-0.3, -0.25) is 4.79 Å². The van der Waals surface area contributed by atoms with Gasteiger partial charge in [0.05, 0.1) is 20.9 Å². The first-order valence-electron chi connectivity index (χ1n) is 8.15. The third-order valence-electron chi connectivity index (χ3n) is 4.31. The van der Waals surface area contributed by atoms with Crippen molar-refractivity contribution in [2.75, 3.05) is 20.6 Å². The monoisotopic (exact) mass is 377 g/mol. The number of pyridine rings is 1. The van der Waals surface area contributed by atoms with Crippen LogP contribution in [-0.2, 0) is 6.54 Å². The molecule has 0 N–H and O–H groups in total. The Kier molecular flexibility index (Phi) is 5.23. The van der Waals surface area contributed by atoms with Gasteiger partial charge in [0.2, 0.25) is 0 Å². The minimum Gasteiger partial charge on any atom is -0.343 e. The van der Waals surface area contributed by atoms with Gasteiger partial charge in [-0.15, -0.1) is 0 Å². The van der Waals surface area contributed by atoms with E-state index in [0.29, 0.717) is 16.6 Å². The fraction of sp³-hybridized carbons (Fsp3) is 0.316. The molecule has 0 saturated carbocycles.